The summed E-state index contributed by atoms with van der Waals surface area (Å²) < 4.78 is 0. The van der Waals surface area contributed by atoms with Crippen LogP contribution in [0.25, 0.3) is 98.4 Å². The predicted octanol–water partition coefficient (Wildman–Crippen LogP) is 15.1. The molecule has 262 valence electrons. The number of hydrogen-bond acceptors (Lipinski definition) is 0. The van der Waals surface area contributed by atoms with Crippen molar-refractivity contribution in [2.45, 2.75) is 5.41 Å². The van der Waals surface area contributed by atoms with Crippen LogP contribution in [0.15, 0.2) is 206 Å². The summed E-state index contributed by atoms with van der Waals surface area (Å²) in [6, 6.07) is 77.5. The quantitative estimate of drug-likeness (QED) is 0.156. The van der Waals surface area contributed by atoms with Crippen molar-refractivity contribution in [2.24, 2.45) is 0 Å². The molecule has 57 heavy (non-hydrogen) atoms. The minimum atomic E-state index is -0.465. The predicted molar refractivity (Wildman–Crippen MR) is 241 cm³/mol. The highest BCUT2D eigenvalue weighted by atomic mass is 14.5. The lowest BCUT2D eigenvalue weighted by atomic mass is 9.68. The fourth-order valence-corrected chi connectivity index (χ4v) is 11.0. The zero-order valence-corrected chi connectivity index (χ0v) is 31.1. The molecule has 2 aliphatic carbocycles. The Kier molecular flexibility index (Phi) is 6.19. The standard InChI is InChI=1S/C57H34/c1-4-16-41-36(13-1)29-32-49-54-47-22-8-7-19-44(47)51-33-38(35-25-27-37(28-26-35)50-34-39-14-2-3-15-40(39)42-17-5-6-18-43(42)50)30-31-48(51)56(54)57(55(41)49)52-23-11-9-20-45(52)46-21-10-12-24-53(46)57/h1-34H. The normalized spacial score (nSPS) is 13.4. The van der Waals surface area contributed by atoms with Crippen molar-refractivity contribution in [3.63, 3.8) is 0 Å². The van der Waals surface area contributed by atoms with E-state index in [1.54, 1.807) is 0 Å². The second-order valence-electron chi connectivity index (χ2n) is 15.9. The van der Waals surface area contributed by atoms with Crippen molar-refractivity contribution in [1.82, 2.24) is 0 Å². The first-order chi connectivity index (χ1) is 28.3. The van der Waals surface area contributed by atoms with Crippen LogP contribution in [0.4, 0.5) is 0 Å². The molecule has 0 nitrogen and oxygen atoms in total. The van der Waals surface area contributed by atoms with Gasteiger partial charge in [-0.25, -0.2) is 0 Å². The van der Waals surface area contributed by atoms with Crippen molar-refractivity contribution < 1.29 is 0 Å². The molecule has 0 unspecified atom stereocenters. The Hall–Kier alpha value is -7.28. The van der Waals surface area contributed by atoms with Gasteiger partial charge in [-0.05, 0) is 133 Å². The van der Waals surface area contributed by atoms with E-state index in [1.165, 1.54) is 121 Å². The molecule has 11 aromatic carbocycles. The van der Waals surface area contributed by atoms with Gasteiger partial charge in [-0.15, -0.1) is 0 Å². The van der Waals surface area contributed by atoms with Gasteiger partial charge >= 0.3 is 0 Å². The third-order valence-corrected chi connectivity index (χ3v) is 13.2. The number of fused-ring (bicyclic) bond motifs is 20. The monoisotopic (exact) mass is 718 g/mol. The van der Waals surface area contributed by atoms with Gasteiger partial charge in [-0.1, -0.05) is 194 Å². The molecule has 0 amide bonds. The van der Waals surface area contributed by atoms with Gasteiger partial charge in [0.2, 0.25) is 0 Å². The van der Waals surface area contributed by atoms with Gasteiger partial charge in [0, 0.05) is 0 Å². The smallest absolute Gasteiger partial charge is 0.0619 e. The Bertz CT molecular complexity index is 3460. The summed E-state index contributed by atoms with van der Waals surface area (Å²) in [5.74, 6) is 0. The molecule has 0 aromatic heterocycles. The van der Waals surface area contributed by atoms with E-state index in [-0.39, 0.29) is 0 Å². The zero-order chi connectivity index (χ0) is 37.2. The molecule has 0 aliphatic heterocycles. The second-order valence-corrected chi connectivity index (χ2v) is 15.9. The topological polar surface area (TPSA) is 0 Å². The molecule has 0 heteroatoms. The first-order valence-corrected chi connectivity index (χ1v) is 20.0. The van der Waals surface area contributed by atoms with Crippen LogP contribution < -0.4 is 0 Å². The van der Waals surface area contributed by atoms with Gasteiger partial charge < -0.3 is 0 Å². The van der Waals surface area contributed by atoms with E-state index in [0.29, 0.717) is 0 Å². The van der Waals surface area contributed by atoms with Crippen LogP contribution in [0, 0.1) is 0 Å². The second kappa shape index (κ2) is 11.4. The molecular formula is C57H34. The minimum Gasteiger partial charge on any atom is -0.0619 e. The molecule has 13 rings (SSSR count). The molecule has 1 spiro atoms. The molecule has 0 atom stereocenters. The van der Waals surface area contributed by atoms with Crippen LogP contribution >= 0.6 is 0 Å². The Morgan fingerprint density at radius 1 is 0.246 bits per heavy atom. The van der Waals surface area contributed by atoms with E-state index in [9.17, 15) is 0 Å². The fraction of sp³-hybridized carbons (Fsp3) is 0.0175. The zero-order valence-electron chi connectivity index (χ0n) is 31.1. The van der Waals surface area contributed by atoms with Crippen LogP contribution in [0.3, 0.4) is 0 Å². The molecule has 0 fully saturated rings. The van der Waals surface area contributed by atoms with Crippen molar-refractivity contribution in [3.8, 4) is 44.5 Å². The summed E-state index contributed by atoms with van der Waals surface area (Å²) in [6.45, 7) is 0. The van der Waals surface area contributed by atoms with Crippen LogP contribution in [0.2, 0.25) is 0 Å². The summed E-state index contributed by atoms with van der Waals surface area (Å²) in [5, 5.41) is 13.0. The van der Waals surface area contributed by atoms with Crippen LogP contribution in [0.5, 0.6) is 0 Å². The van der Waals surface area contributed by atoms with Crippen LogP contribution in [-0.4, -0.2) is 0 Å². The van der Waals surface area contributed by atoms with Crippen molar-refractivity contribution in [3.05, 3.63) is 229 Å². The van der Waals surface area contributed by atoms with Gasteiger partial charge in [-0.3, -0.25) is 0 Å². The molecule has 0 saturated heterocycles. The van der Waals surface area contributed by atoms with E-state index in [0.717, 1.165) is 0 Å². The summed E-state index contributed by atoms with van der Waals surface area (Å²) in [4.78, 5) is 0. The molecule has 11 aromatic rings. The van der Waals surface area contributed by atoms with Crippen molar-refractivity contribution in [1.29, 1.82) is 0 Å². The summed E-state index contributed by atoms with van der Waals surface area (Å²) >= 11 is 0. The van der Waals surface area contributed by atoms with Gasteiger partial charge in [0.1, 0.15) is 0 Å². The molecule has 2 aliphatic rings. The molecule has 0 radical (unpaired) electrons. The fourth-order valence-electron chi connectivity index (χ4n) is 11.0. The van der Waals surface area contributed by atoms with E-state index >= 15 is 0 Å². The van der Waals surface area contributed by atoms with Crippen LogP contribution in [0.1, 0.15) is 22.3 Å². The lowest BCUT2D eigenvalue weighted by Crippen LogP contribution is -2.26. The molecule has 0 N–H and O–H groups in total. The van der Waals surface area contributed by atoms with E-state index in [2.05, 4.69) is 206 Å². The van der Waals surface area contributed by atoms with E-state index in [4.69, 9.17) is 0 Å². The van der Waals surface area contributed by atoms with Gasteiger partial charge in [0.15, 0.2) is 0 Å². The van der Waals surface area contributed by atoms with E-state index in [1.807, 2.05) is 0 Å². The van der Waals surface area contributed by atoms with Gasteiger partial charge in [0.25, 0.3) is 0 Å². The summed E-state index contributed by atoms with van der Waals surface area (Å²) in [6.07, 6.45) is 0. The Balaban J connectivity index is 1.07. The molecule has 0 heterocycles. The van der Waals surface area contributed by atoms with Crippen molar-refractivity contribution >= 4 is 53.9 Å². The van der Waals surface area contributed by atoms with Gasteiger partial charge in [-0.2, -0.15) is 0 Å². The Morgan fingerprint density at radius 3 is 1.53 bits per heavy atom. The highest BCUT2D eigenvalue weighted by molar-refractivity contribution is 6.22. The third kappa shape index (κ3) is 4.02. The lowest BCUT2D eigenvalue weighted by molar-refractivity contribution is 0.809. The largest absolute Gasteiger partial charge is 0.0737 e. The summed E-state index contributed by atoms with van der Waals surface area (Å²) in [7, 11) is 0. The maximum atomic E-state index is 2.46. The SMILES string of the molecule is c1ccc2c(c1)-c1ccccc1C21c2c(ccc3ccccc23)-c2c1c1ccc(-c3ccc(-c4cc5ccccc5c5ccccc45)cc3)cc1c1ccccc21. The molecular weight excluding hydrogens is 685 g/mol. The Morgan fingerprint density at radius 2 is 0.789 bits per heavy atom. The Labute approximate surface area is 330 Å². The third-order valence-electron chi connectivity index (χ3n) is 13.2. The lowest BCUT2D eigenvalue weighted by Gasteiger charge is -2.32. The highest BCUT2D eigenvalue weighted by Gasteiger charge is 2.53. The summed E-state index contributed by atoms with van der Waals surface area (Å²) in [5.41, 5.74) is 15.4. The van der Waals surface area contributed by atoms with Crippen molar-refractivity contribution in [2.75, 3.05) is 0 Å². The number of benzene rings is 11. The minimum absolute atomic E-state index is 0.465. The maximum absolute atomic E-state index is 2.46. The number of rotatable bonds is 2. The molecule has 0 bridgehead atoms. The van der Waals surface area contributed by atoms with Gasteiger partial charge in [0.05, 0.1) is 5.41 Å². The van der Waals surface area contributed by atoms with E-state index < -0.39 is 5.41 Å². The first-order valence-electron chi connectivity index (χ1n) is 20.0. The average Bonchev–Trinajstić information content (AvgIpc) is 3.77. The average molecular weight is 719 g/mol. The highest BCUT2D eigenvalue weighted by Crippen LogP contribution is 2.66. The number of hydrogen-bond donors (Lipinski definition) is 0. The molecule has 0 saturated carbocycles. The maximum Gasteiger partial charge on any atom is 0.0737 e. The first kappa shape index (κ1) is 31.0. The van der Waals surface area contributed by atoms with Crippen LogP contribution in [-0.2, 0) is 5.41 Å².